The minimum Gasteiger partial charge on any atom is -0.481 e. The fourth-order valence-electron chi connectivity index (χ4n) is 4.19. The number of hydrogen-bond acceptors (Lipinski definition) is 7. The number of amides is 5. The normalized spacial score (nSPS) is 16.2. The number of nitrogens with zero attached hydrogens (tertiary/aromatic N) is 2. The van der Waals surface area contributed by atoms with Crippen LogP contribution in [0.2, 0.25) is 0 Å². The molecule has 5 amide bonds. The van der Waals surface area contributed by atoms with Crippen LogP contribution in [-0.2, 0) is 30.4 Å². The summed E-state index contributed by atoms with van der Waals surface area (Å²) in [5.41, 5.74) is 11.8. The van der Waals surface area contributed by atoms with E-state index in [0.29, 0.717) is 16.9 Å². The van der Waals surface area contributed by atoms with E-state index in [4.69, 9.17) is 11.5 Å². The number of nitrogens with two attached hydrogens (primary N) is 2. The molecule has 2 aromatic rings. The summed E-state index contributed by atoms with van der Waals surface area (Å²) in [7, 11) is 0. The Kier molecular flexibility index (Phi) is 9.61. The van der Waals surface area contributed by atoms with Crippen molar-refractivity contribution in [2.24, 2.45) is 16.5 Å². The number of nitrogens with one attached hydrogen (secondary N) is 4. The highest BCUT2D eigenvalue weighted by molar-refractivity contribution is 6.06. The first kappa shape index (κ1) is 29.4. The quantitative estimate of drug-likeness (QED) is 0.0558. The Morgan fingerprint density at radius 1 is 1.07 bits per heavy atom. The Labute approximate surface area is 227 Å². The summed E-state index contributed by atoms with van der Waals surface area (Å²) in [6, 6.07) is 2.28. The zero-order chi connectivity index (χ0) is 29.4. The predicted molar refractivity (Wildman–Crippen MR) is 140 cm³/mol. The van der Waals surface area contributed by atoms with Gasteiger partial charge in [-0.1, -0.05) is 18.2 Å². The molecule has 3 atom stereocenters. The first-order valence-corrected chi connectivity index (χ1v) is 12.2. The van der Waals surface area contributed by atoms with Gasteiger partial charge in [0.05, 0.1) is 6.42 Å². The number of carbonyl (C=O) groups is 6. The number of aromatic nitrogens is 1. The molecule has 1 aliphatic rings. The van der Waals surface area contributed by atoms with Crippen LogP contribution in [0.3, 0.4) is 0 Å². The number of hydrogen-bond donors (Lipinski definition) is 8. The number of carbonyl (C=O) groups excluding carboxylic acids is 4. The maximum atomic E-state index is 12.9. The zero-order valence-corrected chi connectivity index (χ0v) is 21.3. The van der Waals surface area contributed by atoms with Crippen LogP contribution in [0.15, 0.2) is 35.5 Å². The molecule has 1 aromatic carbocycles. The summed E-state index contributed by atoms with van der Waals surface area (Å²) in [4.78, 5) is 81.0. The highest BCUT2D eigenvalue weighted by Crippen LogP contribution is 2.19. The topological polar surface area (TPSA) is 262 Å². The van der Waals surface area contributed by atoms with Gasteiger partial charge in [0, 0.05) is 30.1 Å². The third-order valence-corrected chi connectivity index (χ3v) is 6.10. The number of aliphatic carboxylic acids is 2. The maximum absolute atomic E-state index is 12.9. The third kappa shape index (κ3) is 7.68. The number of guanidine groups is 1. The number of fused-ring (bicyclic) bond motifs is 1. The average Bonchev–Trinajstić information content (AvgIpc) is 3.41. The van der Waals surface area contributed by atoms with Crippen LogP contribution in [0.25, 0.3) is 10.9 Å². The number of para-hydroxylation sites is 1. The molecule has 2 heterocycles. The van der Waals surface area contributed by atoms with Gasteiger partial charge < -0.3 is 42.6 Å². The molecule has 0 unspecified atom stereocenters. The summed E-state index contributed by atoms with van der Waals surface area (Å²) >= 11 is 0. The van der Waals surface area contributed by atoms with Crippen molar-refractivity contribution in [2.45, 2.75) is 43.8 Å². The highest BCUT2D eigenvalue weighted by Gasteiger charge is 2.39. The number of carboxylic acid groups (broad SMARTS) is 2. The number of benzene rings is 1. The van der Waals surface area contributed by atoms with E-state index >= 15 is 0 Å². The summed E-state index contributed by atoms with van der Waals surface area (Å²) < 4.78 is 0. The van der Waals surface area contributed by atoms with Gasteiger partial charge in [-0.15, -0.1) is 0 Å². The molecule has 40 heavy (non-hydrogen) atoms. The number of urea groups is 1. The van der Waals surface area contributed by atoms with Gasteiger partial charge in [0.15, 0.2) is 5.96 Å². The molecule has 16 heteroatoms. The molecule has 0 saturated carbocycles. The number of aromatic amines is 1. The zero-order valence-electron chi connectivity index (χ0n) is 21.3. The SMILES string of the molecule is NC(N)=NCCC[C@@H]1NC(=O)N(CC(=O)N[C@@H](CC(=O)O)C(=O)N[C@@H](Cc2c[nH]c3ccccc23)C(=O)O)C1=O. The van der Waals surface area contributed by atoms with Crippen LogP contribution in [-0.4, -0.2) is 93.0 Å². The van der Waals surface area contributed by atoms with E-state index in [1.54, 1.807) is 30.5 Å². The summed E-state index contributed by atoms with van der Waals surface area (Å²) in [5.74, 6) is -5.67. The summed E-state index contributed by atoms with van der Waals surface area (Å²) in [5, 5.41) is 26.6. The van der Waals surface area contributed by atoms with E-state index in [1.807, 2.05) is 0 Å². The molecule has 0 aliphatic carbocycles. The smallest absolute Gasteiger partial charge is 0.326 e. The van der Waals surface area contributed by atoms with Gasteiger partial charge in [0.2, 0.25) is 11.8 Å². The van der Waals surface area contributed by atoms with Crippen molar-refractivity contribution in [3.63, 3.8) is 0 Å². The fraction of sp³-hybridized carbons (Fsp3) is 0.375. The van der Waals surface area contributed by atoms with Crippen LogP contribution in [0.4, 0.5) is 4.79 Å². The molecular formula is C24H30N8O8. The van der Waals surface area contributed by atoms with Crippen molar-refractivity contribution in [1.82, 2.24) is 25.8 Å². The minimum atomic E-state index is -1.68. The Morgan fingerprint density at radius 3 is 2.48 bits per heavy atom. The lowest BCUT2D eigenvalue weighted by atomic mass is 10.0. The van der Waals surface area contributed by atoms with E-state index in [2.05, 4.69) is 25.9 Å². The highest BCUT2D eigenvalue weighted by atomic mass is 16.4. The molecule has 0 spiro atoms. The van der Waals surface area contributed by atoms with Gasteiger partial charge in [-0.3, -0.25) is 29.1 Å². The second kappa shape index (κ2) is 13.1. The van der Waals surface area contributed by atoms with E-state index in [-0.39, 0.29) is 25.3 Å². The van der Waals surface area contributed by atoms with Crippen molar-refractivity contribution in [3.8, 4) is 0 Å². The molecule has 214 valence electrons. The van der Waals surface area contributed by atoms with Crippen LogP contribution in [0, 0.1) is 0 Å². The molecule has 3 rings (SSSR count). The second-order valence-corrected chi connectivity index (χ2v) is 9.06. The van der Waals surface area contributed by atoms with Crippen LogP contribution in [0.1, 0.15) is 24.8 Å². The molecule has 1 saturated heterocycles. The Hall–Kier alpha value is -5.15. The Morgan fingerprint density at radius 2 is 1.80 bits per heavy atom. The number of imide groups is 1. The molecule has 10 N–H and O–H groups in total. The van der Waals surface area contributed by atoms with Crippen LogP contribution in [0.5, 0.6) is 0 Å². The monoisotopic (exact) mass is 558 g/mol. The molecule has 0 radical (unpaired) electrons. The summed E-state index contributed by atoms with van der Waals surface area (Å²) in [6.07, 6.45) is 1.20. The fourth-order valence-corrected chi connectivity index (χ4v) is 4.19. The van der Waals surface area contributed by atoms with Crippen molar-refractivity contribution < 1.29 is 39.0 Å². The van der Waals surface area contributed by atoms with Gasteiger partial charge in [-0.2, -0.15) is 0 Å². The Balaban J connectivity index is 1.62. The number of rotatable bonds is 14. The summed E-state index contributed by atoms with van der Waals surface area (Å²) in [6.45, 7) is -0.553. The van der Waals surface area contributed by atoms with E-state index in [9.17, 15) is 39.0 Å². The van der Waals surface area contributed by atoms with Crippen molar-refractivity contribution in [2.75, 3.05) is 13.1 Å². The first-order valence-electron chi connectivity index (χ1n) is 12.2. The number of H-pyrrole nitrogens is 1. The largest absolute Gasteiger partial charge is 0.481 e. The molecule has 16 nitrogen and oxygen atoms in total. The maximum Gasteiger partial charge on any atom is 0.326 e. The third-order valence-electron chi connectivity index (χ3n) is 6.10. The van der Waals surface area contributed by atoms with Crippen molar-refractivity contribution in [3.05, 3.63) is 36.0 Å². The van der Waals surface area contributed by atoms with Gasteiger partial charge in [-0.05, 0) is 24.5 Å². The number of carboxylic acids is 2. The van der Waals surface area contributed by atoms with Crippen LogP contribution >= 0.6 is 0 Å². The second-order valence-electron chi connectivity index (χ2n) is 9.06. The molecule has 1 aromatic heterocycles. The molecule has 0 bridgehead atoms. The van der Waals surface area contributed by atoms with Gasteiger partial charge in [-0.25, -0.2) is 9.59 Å². The Bertz CT molecular complexity index is 1340. The van der Waals surface area contributed by atoms with Gasteiger partial charge in [0.1, 0.15) is 24.7 Å². The van der Waals surface area contributed by atoms with Gasteiger partial charge >= 0.3 is 18.0 Å². The van der Waals surface area contributed by atoms with Gasteiger partial charge in [0.25, 0.3) is 5.91 Å². The van der Waals surface area contributed by atoms with Crippen LogP contribution < -0.4 is 27.4 Å². The number of aliphatic imine (C=N–C) groups is 1. The molecular weight excluding hydrogens is 528 g/mol. The van der Waals surface area contributed by atoms with E-state index in [0.717, 1.165) is 10.9 Å². The lowest BCUT2D eigenvalue weighted by Gasteiger charge is -2.21. The van der Waals surface area contributed by atoms with E-state index in [1.165, 1.54) is 0 Å². The van der Waals surface area contributed by atoms with Crippen molar-refractivity contribution in [1.29, 1.82) is 0 Å². The lowest BCUT2D eigenvalue weighted by Crippen LogP contribution is -2.54. The average molecular weight is 559 g/mol. The van der Waals surface area contributed by atoms with Crippen molar-refractivity contribution >= 4 is 52.6 Å². The molecule has 1 fully saturated rings. The predicted octanol–water partition coefficient (Wildman–Crippen LogP) is -1.79. The minimum absolute atomic E-state index is 0.118. The lowest BCUT2D eigenvalue weighted by molar-refractivity contribution is -0.143. The standard InChI is InChI=1S/C24H30N8O8/c25-23(26)27-7-3-6-15-21(37)32(24(40)31-15)11-18(33)29-16(9-19(34)35)20(36)30-17(22(38)39)8-12-10-28-14-5-2-1-4-13(12)14/h1-2,4-5,10,15-17,28H,3,6-9,11H2,(H,29,33)(H,30,36)(H,31,40)(H,34,35)(H,38,39)(H4,25,26,27)/t15-,16-,17-/m0/s1. The molecule has 1 aliphatic heterocycles. The first-order chi connectivity index (χ1) is 19.0. The van der Waals surface area contributed by atoms with E-state index < -0.39 is 66.8 Å².